The Balaban J connectivity index is 1.59. The number of hydrogen-bond donors (Lipinski definition) is 2. The zero-order chi connectivity index (χ0) is 24.8. The topological polar surface area (TPSA) is 141 Å². The molecule has 0 aliphatic heterocycles. The summed E-state index contributed by atoms with van der Waals surface area (Å²) >= 11 is 7.14. The van der Waals surface area contributed by atoms with Crippen LogP contribution in [0.1, 0.15) is 29.1 Å². The van der Waals surface area contributed by atoms with Gasteiger partial charge in [0.1, 0.15) is 5.75 Å². The van der Waals surface area contributed by atoms with Crippen LogP contribution < -0.4 is 15.4 Å². The number of benzene rings is 2. The number of methoxy groups -OCH3 is 1. The van der Waals surface area contributed by atoms with Crippen molar-refractivity contribution in [2.45, 2.75) is 18.1 Å². The number of halogens is 1. The molecule has 2 N–H and O–H groups in total. The highest BCUT2D eigenvalue weighted by molar-refractivity contribution is 7.99. The van der Waals surface area contributed by atoms with Crippen molar-refractivity contribution in [1.82, 2.24) is 20.1 Å². The Morgan fingerprint density at radius 3 is 2.59 bits per heavy atom. The van der Waals surface area contributed by atoms with Crippen LogP contribution in [-0.2, 0) is 11.8 Å². The summed E-state index contributed by atoms with van der Waals surface area (Å²) in [5.41, 5.74) is 0.437. The molecule has 0 spiro atoms. The predicted molar refractivity (Wildman–Crippen MR) is 127 cm³/mol. The van der Waals surface area contributed by atoms with Crippen molar-refractivity contribution >= 4 is 46.6 Å². The molecule has 0 saturated heterocycles. The lowest BCUT2D eigenvalue weighted by atomic mass is 10.2. The van der Waals surface area contributed by atoms with Gasteiger partial charge in [-0.1, -0.05) is 23.4 Å². The summed E-state index contributed by atoms with van der Waals surface area (Å²) in [6.07, 6.45) is 0. The molecule has 11 nitrogen and oxygen atoms in total. The second kappa shape index (κ2) is 11.0. The lowest BCUT2D eigenvalue weighted by molar-refractivity contribution is -0.384. The van der Waals surface area contributed by atoms with E-state index < -0.39 is 16.9 Å². The molecule has 2 amide bonds. The fourth-order valence-corrected chi connectivity index (χ4v) is 3.84. The van der Waals surface area contributed by atoms with Gasteiger partial charge in [-0.2, -0.15) is 0 Å². The van der Waals surface area contributed by atoms with Gasteiger partial charge < -0.3 is 19.9 Å². The van der Waals surface area contributed by atoms with Gasteiger partial charge in [0.25, 0.3) is 11.6 Å². The fourth-order valence-electron chi connectivity index (χ4n) is 2.95. The highest BCUT2D eigenvalue weighted by Crippen LogP contribution is 2.27. The first kappa shape index (κ1) is 25.0. The van der Waals surface area contributed by atoms with Gasteiger partial charge in [0.05, 0.1) is 34.5 Å². The Morgan fingerprint density at radius 2 is 1.94 bits per heavy atom. The largest absolute Gasteiger partial charge is 0.497 e. The Labute approximate surface area is 204 Å². The molecule has 1 heterocycles. The van der Waals surface area contributed by atoms with E-state index in [0.29, 0.717) is 22.3 Å². The van der Waals surface area contributed by atoms with Crippen LogP contribution >= 0.6 is 23.4 Å². The van der Waals surface area contributed by atoms with Crippen molar-refractivity contribution in [3.63, 3.8) is 0 Å². The normalized spacial score (nSPS) is 11.5. The van der Waals surface area contributed by atoms with Crippen LogP contribution in [0.3, 0.4) is 0 Å². The minimum absolute atomic E-state index is 0.0302. The summed E-state index contributed by atoms with van der Waals surface area (Å²) in [5.74, 6) is 0.429. The van der Waals surface area contributed by atoms with Crippen LogP contribution in [0, 0.1) is 10.1 Å². The number of anilines is 1. The number of rotatable bonds is 9. The Kier molecular flexibility index (Phi) is 8.08. The number of amides is 2. The van der Waals surface area contributed by atoms with Gasteiger partial charge in [-0.05, 0) is 37.3 Å². The molecule has 0 unspecified atom stereocenters. The molecule has 3 aromatic rings. The molecule has 0 bridgehead atoms. The number of nitrogens with zero attached hydrogens (tertiary/aromatic N) is 4. The van der Waals surface area contributed by atoms with E-state index in [2.05, 4.69) is 20.8 Å². The maximum absolute atomic E-state index is 12.5. The summed E-state index contributed by atoms with van der Waals surface area (Å²) in [6, 6.07) is 10.1. The summed E-state index contributed by atoms with van der Waals surface area (Å²) in [7, 11) is 3.27. The van der Waals surface area contributed by atoms with Crippen molar-refractivity contribution < 1.29 is 19.2 Å². The van der Waals surface area contributed by atoms with Crippen molar-refractivity contribution in [3.8, 4) is 5.75 Å². The van der Waals surface area contributed by atoms with Gasteiger partial charge in [-0.25, -0.2) is 0 Å². The summed E-state index contributed by atoms with van der Waals surface area (Å²) < 4.78 is 6.77. The van der Waals surface area contributed by atoms with Crippen LogP contribution in [0.25, 0.3) is 0 Å². The molecular weight excluding hydrogens is 484 g/mol. The first-order valence-corrected chi connectivity index (χ1v) is 11.3. The second-order valence-corrected chi connectivity index (χ2v) is 8.43. The number of ether oxygens (including phenoxy) is 1. The number of thioether (sulfide) groups is 1. The molecular formula is C21H21ClN6O5S. The van der Waals surface area contributed by atoms with E-state index in [4.69, 9.17) is 16.3 Å². The lowest BCUT2D eigenvalue weighted by Gasteiger charge is -2.14. The van der Waals surface area contributed by atoms with Crippen molar-refractivity contribution in [2.24, 2.45) is 7.05 Å². The molecule has 34 heavy (non-hydrogen) atoms. The van der Waals surface area contributed by atoms with E-state index in [1.165, 1.54) is 18.2 Å². The molecule has 0 aliphatic rings. The van der Waals surface area contributed by atoms with E-state index in [9.17, 15) is 19.7 Å². The highest BCUT2D eigenvalue weighted by Gasteiger charge is 2.19. The van der Waals surface area contributed by atoms with Crippen LogP contribution in [0.15, 0.2) is 47.6 Å². The van der Waals surface area contributed by atoms with E-state index >= 15 is 0 Å². The van der Waals surface area contributed by atoms with E-state index in [1.54, 1.807) is 49.9 Å². The molecule has 1 atom stereocenters. The number of non-ortho nitro benzene ring substituents is 1. The summed E-state index contributed by atoms with van der Waals surface area (Å²) in [4.78, 5) is 35.2. The van der Waals surface area contributed by atoms with Crippen LogP contribution in [0.2, 0.25) is 5.02 Å². The zero-order valence-electron chi connectivity index (χ0n) is 18.4. The van der Waals surface area contributed by atoms with Crippen LogP contribution in [0.4, 0.5) is 11.4 Å². The molecule has 2 aromatic carbocycles. The quantitative estimate of drug-likeness (QED) is 0.256. The van der Waals surface area contributed by atoms with Crippen molar-refractivity contribution in [2.75, 3.05) is 18.2 Å². The number of carbonyl (C=O) groups excluding carboxylic acids is 2. The summed E-state index contributed by atoms with van der Waals surface area (Å²) in [5, 5.41) is 25.2. The SMILES string of the molecule is COc1ccc(C(=O)N[C@H](C)c2nnc(SCC(=O)Nc3cc([N+](=O)[O-])ccc3Cl)n2C)cc1. The standard InChI is InChI=1S/C21H21ClN6O5S/c1-12(23-20(30)13-4-7-15(33-3)8-5-13)19-25-26-21(27(19)2)34-11-18(29)24-17-10-14(28(31)32)6-9-16(17)22/h4-10,12H,11H2,1-3H3,(H,23,30)(H,24,29)/t12-/m1/s1. The summed E-state index contributed by atoms with van der Waals surface area (Å²) in [6.45, 7) is 1.77. The van der Waals surface area contributed by atoms with Gasteiger partial charge in [0.2, 0.25) is 5.91 Å². The van der Waals surface area contributed by atoms with E-state index in [1.807, 2.05) is 0 Å². The Morgan fingerprint density at radius 1 is 1.24 bits per heavy atom. The van der Waals surface area contributed by atoms with E-state index in [0.717, 1.165) is 11.8 Å². The number of carbonyl (C=O) groups is 2. The molecule has 13 heteroatoms. The fraction of sp³-hybridized carbons (Fsp3) is 0.238. The molecule has 3 rings (SSSR count). The van der Waals surface area contributed by atoms with Crippen molar-refractivity contribution in [1.29, 1.82) is 0 Å². The minimum atomic E-state index is -0.573. The van der Waals surface area contributed by atoms with Gasteiger partial charge in [0.15, 0.2) is 11.0 Å². The van der Waals surface area contributed by atoms with Crippen LogP contribution in [0.5, 0.6) is 5.75 Å². The van der Waals surface area contributed by atoms with Gasteiger partial charge in [-0.3, -0.25) is 19.7 Å². The Bertz CT molecular complexity index is 1220. The number of nitro benzene ring substituents is 1. The highest BCUT2D eigenvalue weighted by atomic mass is 35.5. The number of hydrogen-bond acceptors (Lipinski definition) is 8. The monoisotopic (exact) mass is 504 g/mol. The second-order valence-electron chi connectivity index (χ2n) is 7.08. The molecule has 0 fully saturated rings. The maximum atomic E-state index is 12.5. The average molecular weight is 505 g/mol. The first-order chi connectivity index (χ1) is 16.2. The third-order valence-corrected chi connectivity index (χ3v) is 6.07. The Hall–Kier alpha value is -3.64. The average Bonchev–Trinajstić information content (AvgIpc) is 3.19. The smallest absolute Gasteiger partial charge is 0.271 e. The number of nitrogens with one attached hydrogen (secondary N) is 2. The van der Waals surface area contributed by atoms with Gasteiger partial charge in [0, 0.05) is 24.7 Å². The number of nitro groups is 1. The first-order valence-electron chi connectivity index (χ1n) is 9.90. The molecule has 0 aliphatic carbocycles. The van der Waals surface area contributed by atoms with Crippen molar-refractivity contribution in [3.05, 3.63) is 69.0 Å². The van der Waals surface area contributed by atoms with Gasteiger partial charge >= 0.3 is 0 Å². The third kappa shape index (κ3) is 6.02. The number of aromatic nitrogens is 3. The molecule has 0 saturated carbocycles. The minimum Gasteiger partial charge on any atom is -0.497 e. The molecule has 1 aromatic heterocycles. The van der Waals surface area contributed by atoms with Crippen LogP contribution in [-0.4, -0.2) is 44.4 Å². The molecule has 0 radical (unpaired) electrons. The van der Waals surface area contributed by atoms with E-state index in [-0.39, 0.29) is 28.1 Å². The molecule has 178 valence electrons. The predicted octanol–water partition coefficient (Wildman–Crippen LogP) is 3.61. The third-order valence-electron chi connectivity index (χ3n) is 4.72. The van der Waals surface area contributed by atoms with Gasteiger partial charge in [-0.15, -0.1) is 10.2 Å². The maximum Gasteiger partial charge on any atom is 0.271 e. The zero-order valence-corrected chi connectivity index (χ0v) is 20.0. The lowest BCUT2D eigenvalue weighted by Crippen LogP contribution is -2.28.